The van der Waals surface area contributed by atoms with Crippen molar-refractivity contribution in [2.24, 2.45) is 12.8 Å². The standard InChI is InChI=1S/C16H20N2.CH5N/c1-18-16(13-9-5-4-6-10-13)14-11-7-2-3-8-12-15(14)17-18;1-2/h4-6,9-10H,2-3,7-8,11-12H2,1H3;2H2,1H3. The maximum Gasteiger partial charge on any atom is 0.0713 e. The number of rotatable bonds is 1. The molecule has 3 heteroatoms. The van der Waals surface area contributed by atoms with E-state index >= 15 is 0 Å². The van der Waals surface area contributed by atoms with Gasteiger partial charge in [0.15, 0.2) is 0 Å². The van der Waals surface area contributed by atoms with Crippen LogP contribution in [0.2, 0.25) is 0 Å². The highest BCUT2D eigenvalue weighted by Gasteiger charge is 2.18. The lowest BCUT2D eigenvalue weighted by atomic mass is 9.95. The van der Waals surface area contributed by atoms with E-state index in [9.17, 15) is 0 Å². The third kappa shape index (κ3) is 3.10. The van der Waals surface area contributed by atoms with Crippen LogP contribution < -0.4 is 5.73 Å². The fourth-order valence-corrected chi connectivity index (χ4v) is 2.99. The molecule has 3 rings (SSSR count). The van der Waals surface area contributed by atoms with E-state index < -0.39 is 0 Å². The summed E-state index contributed by atoms with van der Waals surface area (Å²) < 4.78 is 2.07. The molecule has 0 bridgehead atoms. The van der Waals surface area contributed by atoms with E-state index in [1.165, 1.54) is 61.7 Å². The zero-order chi connectivity index (χ0) is 14.4. The monoisotopic (exact) mass is 271 g/mol. The Hall–Kier alpha value is -1.61. The van der Waals surface area contributed by atoms with Crippen molar-refractivity contribution >= 4 is 0 Å². The molecule has 1 aromatic carbocycles. The Labute approximate surface area is 121 Å². The molecule has 0 amide bonds. The van der Waals surface area contributed by atoms with E-state index in [0.29, 0.717) is 0 Å². The van der Waals surface area contributed by atoms with Crippen molar-refractivity contribution in [3.8, 4) is 11.3 Å². The van der Waals surface area contributed by atoms with Crippen molar-refractivity contribution in [3.63, 3.8) is 0 Å². The van der Waals surface area contributed by atoms with Crippen LogP contribution in [0.3, 0.4) is 0 Å². The van der Waals surface area contributed by atoms with Crippen molar-refractivity contribution in [1.29, 1.82) is 0 Å². The van der Waals surface area contributed by atoms with Gasteiger partial charge in [0.1, 0.15) is 0 Å². The lowest BCUT2D eigenvalue weighted by Crippen LogP contribution is -1.98. The van der Waals surface area contributed by atoms with Crippen LogP contribution in [-0.2, 0) is 19.9 Å². The number of hydrogen-bond acceptors (Lipinski definition) is 2. The molecule has 1 aliphatic rings. The molecule has 108 valence electrons. The Morgan fingerprint density at radius 1 is 0.950 bits per heavy atom. The first-order valence-electron chi connectivity index (χ1n) is 7.54. The van der Waals surface area contributed by atoms with Gasteiger partial charge in [0.25, 0.3) is 0 Å². The summed E-state index contributed by atoms with van der Waals surface area (Å²) in [7, 11) is 3.58. The number of benzene rings is 1. The maximum absolute atomic E-state index is 4.75. The Morgan fingerprint density at radius 3 is 2.30 bits per heavy atom. The van der Waals surface area contributed by atoms with E-state index in [2.05, 4.69) is 47.8 Å². The molecular formula is C17H25N3. The largest absolute Gasteiger partial charge is 0.333 e. The minimum absolute atomic E-state index is 1.15. The van der Waals surface area contributed by atoms with Crippen molar-refractivity contribution in [3.05, 3.63) is 41.6 Å². The zero-order valence-corrected chi connectivity index (χ0v) is 12.6. The van der Waals surface area contributed by atoms with Crippen molar-refractivity contribution in [1.82, 2.24) is 9.78 Å². The third-order valence-corrected chi connectivity index (χ3v) is 3.87. The van der Waals surface area contributed by atoms with Crippen LogP contribution in [-0.4, -0.2) is 16.8 Å². The maximum atomic E-state index is 4.75. The van der Waals surface area contributed by atoms with Gasteiger partial charge in [-0.25, -0.2) is 0 Å². The van der Waals surface area contributed by atoms with Crippen LogP contribution >= 0.6 is 0 Å². The summed E-state index contributed by atoms with van der Waals surface area (Å²) in [6.45, 7) is 0. The van der Waals surface area contributed by atoms with Gasteiger partial charge in [-0.2, -0.15) is 5.10 Å². The topological polar surface area (TPSA) is 43.8 Å². The summed E-state index contributed by atoms with van der Waals surface area (Å²) in [5.74, 6) is 0. The molecular weight excluding hydrogens is 246 g/mol. The van der Waals surface area contributed by atoms with Gasteiger partial charge in [-0.3, -0.25) is 4.68 Å². The predicted octanol–water partition coefficient (Wildman–Crippen LogP) is 3.32. The van der Waals surface area contributed by atoms with Crippen molar-refractivity contribution < 1.29 is 0 Å². The minimum atomic E-state index is 1.15. The van der Waals surface area contributed by atoms with Crippen molar-refractivity contribution in [2.75, 3.05) is 7.05 Å². The number of nitrogens with two attached hydrogens (primary N) is 1. The fourth-order valence-electron chi connectivity index (χ4n) is 2.99. The molecule has 0 fully saturated rings. The van der Waals surface area contributed by atoms with Gasteiger partial charge >= 0.3 is 0 Å². The van der Waals surface area contributed by atoms with Crippen LogP contribution in [0.4, 0.5) is 0 Å². The Bertz CT molecular complexity index is 529. The number of aryl methyl sites for hydroxylation is 2. The highest BCUT2D eigenvalue weighted by atomic mass is 15.3. The van der Waals surface area contributed by atoms with E-state index in [4.69, 9.17) is 5.10 Å². The molecule has 1 aromatic heterocycles. The average molecular weight is 271 g/mol. The summed E-state index contributed by atoms with van der Waals surface area (Å²) in [6.07, 6.45) is 7.65. The van der Waals surface area contributed by atoms with Crippen LogP contribution in [0.25, 0.3) is 11.3 Å². The molecule has 3 nitrogen and oxygen atoms in total. The average Bonchev–Trinajstić information content (AvgIpc) is 2.77. The molecule has 1 heterocycles. The first-order valence-corrected chi connectivity index (χ1v) is 7.54. The SMILES string of the molecule is CN.Cn1nc2c(c1-c1ccccc1)CCCCCC2. The summed E-state index contributed by atoms with van der Waals surface area (Å²) in [6, 6.07) is 10.7. The van der Waals surface area contributed by atoms with E-state index in [1.807, 2.05) is 0 Å². The highest BCUT2D eigenvalue weighted by molar-refractivity contribution is 5.64. The van der Waals surface area contributed by atoms with Crippen molar-refractivity contribution in [2.45, 2.75) is 38.5 Å². The molecule has 2 aromatic rings. The van der Waals surface area contributed by atoms with Gasteiger partial charge in [0, 0.05) is 18.2 Å². The normalized spacial score (nSPS) is 14.6. The summed E-state index contributed by atoms with van der Waals surface area (Å²) in [5, 5.41) is 4.75. The first-order chi connectivity index (χ1) is 9.86. The lowest BCUT2D eigenvalue weighted by Gasteiger charge is -2.10. The minimum Gasteiger partial charge on any atom is -0.333 e. The Balaban J connectivity index is 0.000000704. The number of fused-ring (bicyclic) bond motifs is 1. The number of hydrogen-bond donors (Lipinski definition) is 1. The van der Waals surface area contributed by atoms with Crippen LogP contribution in [0, 0.1) is 0 Å². The molecule has 20 heavy (non-hydrogen) atoms. The van der Waals surface area contributed by atoms with Gasteiger partial charge in [0.05, 0.1) is 11.4 Å². The lowest BCUT2D eigenvalue weighted by molar-refractivity contribution is 0.609. The molecule has 2 N–H and O–H groups in total. The summed E-state index contributed by atoms with van der Waals surface area (Å²) in [4.78, 5) is 0. The van der Waals surface area contributed by atoms with Gasteiger partial charge in [-0.1, -0.05) is 43.2 Å². The van der Waals surface area contributed by atoms with Gasteiger partial charge in [-0.15, -0.1) is 0 Å². The zero-order valence-electron chi connectivity index (χ0n) is 12.6. The van der Waals surface area contributed by atoms with Gasteiger partial charge in [0.2, 0.25) is 0 Å². The second kappa shape index (κ2) is 7.25. The van der Waals surface area contributed by atoms with Gasteiger partial charge in [-0.05, 0) is 32.7 Å². The smallest absolute Gasteiger partial charge is 0.0713 e. The predicted molar refractivity (Wildman–Crippen MR) is 84.6 cm³/mol. The summed E-state index contributed by atoms with van der Waals surface area (Å²) in [5.41, 5.74) is 9.95. The summed E-state index contributed by atoms with van der Waals surface area (Å²) >= 11 is 0. The van der Waals surface area contributed by atoms with Gasteiger partial charge < -0.3 is 5.73 Å². The second-order valence-electron chi connectivity index (χ2n) is 5.18. The highest BCUT2D eigenvalue weighted by Crippen LogP contribution is 2.29. The van der Waals surface area contributed by atoms with Crippen LogP contribution in [0.1, 0.15) is 36.9 Å². The Kier molecular flexibility index (Phi) is 5.36. The number of aromatic nitrogens is 2. The molecule has 1 aliphatic carbocycles. The Morgan fingerprint density at radius 2 is 1.60 bits per heavy atom. The number of nitrogens with zero attached hydrogens (tertiary/aromatic N) is 2. The molecule has 0 saturated heterocycles. The molecule has 0 unspecified atom stereocenters. The van der Waals surface area contributed by atoms with E-state index in [0.717, 1.165) is 6.42 Å². The van der Waals surface area contributed by atoms with Crippen LogP contribution in [0.5, 0.6) is 0 Å². The third-order valence-electron chi connectivity index (χ3n) is 3.87. The molecule has 0 atom stereocenters. The molecule has 0 spiro atoms. The van der Waals surface area contributed by atoms with E-state index in [1.54, 1.807) is 0 Å². The molecule has 0 saturated carbocycles. The van der Waals surface area contributed by atoms with E-state index in [-0.39, 0.29) is 0 Å². The fraction of sp³-hybridized carbons (Fsp3) is 0.471. The first kappa shape index (κ1) is 14.8. The molecule has 0 aliphatic heterocycles. The second-order valence-corrected chi connectivity index (χ2v) is 5.18. The van der Waals surface area contributed by atoms with Crippen LogP contribution in [0.15, 0.2) is 30.3 Å². The molecule has 0 radical (unpaired) electrons. The quantitative estimate of drug-likeness (QED) is 0.864.